The SMILES string of the molecule is CCCN(Cc1nc(C(=O)OCC)cs1)C(=O)Nc1cccc(OC)c1. The number of methoxy groups -OCH3 is 1. The van der Waals surface area contributed by atoms with E-state index in [9.17, 15) is 9.59 Å². The number of nitrogens with one attached hydrogen (secondary N) is 1. The van der Waals surface area contributed by atoms with Gasteiger partial charge in [0.15, 0.2) is 5.69 Å². The molecule has 2 rings (SSSR count). The fraction of sp³-hybridized carbons (Fsp3) is 0.389. The molecule has 1 N–H and O–H groups in total. The first-order chi connectivity index (χ1) is 12.6. The summed E-state index contributed by atoms with van der Waals surface area (Å²) in [6.45, 7) is 4.95. The smallest absolute Gasteiger partial charge is 0.357 e. The van der Waals surface area contributed by atoms with Crippen molar-refractivity contribution >= 4 is 29.0 Å². The van der Waals surface area contributed by atoms with Crippen LogP contribution in [0.2, 0.25) is 0 Å². The largest absolute Gasteiger partial charge is 0.497 e. The molecule has 0 fully saturated rings. The van der Waals surface area contributed by atoms with E-state index in [0.717, 1.165) is 6.42 Å². The highest BCUT2D eigenvalue weighted by Crippen LogP contribution is 2.18. The summed E-state index contributed by atoms with van der Waals surface area (Å²) in [5.74, 6) is 0.224. The molecule has 0 bridgehead atoms. The summed E-state index contributed by atoms with van der Waals surface area (Å²) in [5, 5.41) is 5.20. The molecule has 2 amide bonds. The van der Waals surface area contributed by atoms with E-state index in [2.05, 4.69) is 10.3 Å². The van der Waals surface area contributed by atoms with Crippen molar-refractivity contribution < 1.29 is 19.1 Å². The van der Waals surface area contributed by atoms with Gasteiger partial charge in [-0.25, -0.2) is 14.6 Å². The highest BCUT2D eigenvalue weighted by atomic mass is 32.1. The molecule has 0 atom stereocenters. The highest BCUT2D eigenvalue weighted by Gasteiger charge is 2.17. The number of carbonyl (C=O) groups excluding carboxylic acids is 2. The fourth-order valence-electron chi connectivity index (χ4n) is 2.27. The molecular formula is C18H23N3O4S. The lowest BCUT2D eigenvalue weighted by Gasteiger charge is -2.21. The third kappa shape index (κ3) is 5.45. The van der Waals surface area contributed by atoms with Crippen LogP contribution in [0.25, 0.3) is 0 Å². The van der Waals surface area contributed by atoms with Gasteiger partial charge >= 0.3 is 12.0 Å². The monoisotopic (exact) mass is 377 g/mol. The third-order valence-electron chi connectivity index (χ3n) is 3.46. The zero-order valence-corrected chi connectivity index (χ0v) is 16.0. The Labute approximate surface area is 156 Å². The Morgan fingerprint density at radius 3 is 2.81 bits per heavy atom. The predicted molar refractivity (Wildman–Crippen MR) is 101 cm³/mol. The average Bonchev–Trinajstić information content (AvgIpc) is 3.10. The van der Waals surface area contributed by atoms with Crippen molar-refractivity contribution in [2.24, 2.45) is 0 Å². The zero-order valence-electron chi connectivity index (χ0n) is 15.2. The number of amides is 2. The molecule has 2 aromatic rings. The van der Waals surface area contributed by atoms with Crippen molar-refractivity contribution in [1.82, 2.24) is 9.88 Å². The molecule has 8 heteroatoms. The lowest BCUT2D eigenvalue weighted by Crippen LogP contribution is -2.35. The number of ether oxygens (including phenoxy) is 2. The van der Waals surface area contributed by atoms with Crippen molar-refractivity contribution in [2.45, 2.75) is 26.8 Å². The zero-order chi connectivity index (χ0) is 18.9. The summed E-state index contributed by atoms with van der Waals surface area (Å²) >= 11 is 1.33. The Hall–Kier alpha value is -2.61. The molecule has 0 aliphatic carbocycles. The van der Waals surface area contributed by atoms with Gasteiger partial charge in [-0.2, -0.15) is 0 Å². The van der Waals surface area contributed by atoms with E-state index >= 15 is 0 Å². The molecular weight excluding hydrogens is 354 g/mol. The van der Waals surface area contributed by atoms with Gasteiger partial charge in [0.25, 0.3) is 0 Å². The number of thiazole rings is 1. The number of nitrogens with zero attached hydrogens (tertiary/aromatic N) is 2. The first-order valence-corrected chi connectivity index (χ1v) is 9.26. The minimum Gasteiger partial charge on any atom is -0.497 e. The normalized spacial score (nSPS) is 10.3. The van der Waals surface area contributed by atoms with Crippen molar-refractivity contribution in [3.05, 3.63) is 40.3 Å². The van der Waals surface area contributed by atoms with Gasteiger partial charge in [0, 0.05) is 23.7 Å². The molecule has 1 aromatic carbocycles. The first-order valence-electron chi connectivity index (χ1n) is 8.38. The predicted octanol–water partition coefficient (Wildman–Crippen LogP) is 3.77. The molecule has 0 unspecified atom stereocenters. The summed E-state index contributed by atoms with van der Waals surface area (Å²) in [4.78, 5) is 30.3. The lowest BCUT2D eigenvalue weighted by molar-refractivity contribution is 0.0520. The van der Waals surface area contributed by atoms with Crippen LogP contribution in [0, 0.1) is 0 Å². The molecule has 0 saturated heterocycles. The molecule has 140 valence electrons. The average molecular weight is 377 g/mol. The Bertz CT molecular complexity index is 748. The summed E-state index contributed by atoms with van der Waals surface area (Å²) in [6, 6.07) is 6.95. The van der Waals surface area contributed by atoms with E-state index in [4.69, 9.17) is 9.47 Å². The van der Waals surface area contributed by atoms with E-state index < -0.39 is 5.97 Å². The van der Waals surface area contributed by atoms with Gasteiger partial charge in [-0.1, -0.05) is 13.0 Å². The maximum Gasteiger partial charge on any atom is 0.357 e. The van der Waals surface area contributed by atoms with Crippen LogP contribution in [0.5, 0.6) is 5.75 Å². The fourth-order valence-corrected chi connectivity index (χ4v) is 3.05. The van der Waals surface area contributed by atoms with Crippen molar-refractivity contribution in [1.29, 1.82) is 0 Å². The van der Waals surface area contributed by atoms with Gasteiger partial charge in [0.05, 0.1) is 20.3 Å². The van der Waals surface area contributed by atoms with Gasteiger partial charge in [0.2, 0.25) is 0 Å². The molecule has 0 aliphatic rings. The summed E-state index contributed by atoms with van der Waals surface area (Å²) in [6.07, 6.45) is 0.807. The summed E-state index contributed by atoms with van der Waals surface area (Å²) in [5.41, 5.74) is 0.929. The lowest BCUT2D eigenvalue weighted by atomic mass is 10.3. The van der Waals surface area contributed by atoms with Crippen molar-refractivity contribution in [3.8, 4) is 5.75 Å². The van der Waals surface area contributed by atoms with Gasteiger partial charge in [0.1, 0.15) is 10.8 Å². The number of anilines is 1. The van der Waals surface area contributed by atoms with Crippen LogP contribution in [0.4, 0.5) is 10.5 Å². The quantitative estimate of drug-likeness (QED) is 0.708. The van der Waals surface area contributed by atoms with Crippen LogP contribution < -0.4 is 10.1 Å². The molecule has 0 spiro atoms. The second-order valence-corrected chi connectivity index (χ2v) is 6.37. The van der Waals surface area contributed by atoms with Gasteiger partial charge < -0.3 is 19.7 Å². The molecule has 0 aliphatic heterocycles. The number of hydrogen-bond acceptors (Lipinski definition) is 6. The Balaban J connectivity index is 2.05. The number of benzene rings is 1. The van der Waals surface area contributed by atoms with Crippen LogP contribution in [0.1, 0.15) is 35.8 Å². The minimum absolute atomic E-state index is 0.229. The van der Waals surface area contributed by atoms with E-state index in [1.54, 1.807) is 36.4 Å². The van der Waals surface area contributed by atoms with Crippen molar-refractivity contribution in [3.63, 3.8) is 0 Å². The van der Waals surface area contributed by atoms with Crippen molar-refractivity contribution in [2.75, 3.05) is 25.6 Å². The number of hydrogen-bond donors (Lipinski definition) is 1. The minimum atomic E-state index is -0.446. The second kappa shape index (κ2) is 9.76. The maximum absolute atomic E-state index is 12.6. The van der Waals surface area contributed by atoms with Gasteiger partial charge in [-0.05, 0) is 25.5 Å². The van der Waals surface area contributed by atoms with Gasteiger partial charge in [-0.3, -0.25) is 0 Å². The van der Waals surface area contributed by atoms with E-state index in [0.29, 0.717) is 36.1 Å². The Kier molecular flexibility index (Phi) is 7.40. The topological polar surface area (TPSA) is 80.8 Å². The number of esters is 1. The molecule has 26 heavy (non-hydrogen) atoms. The van der Waals surface area contributed by atoms with Crippen LogP contribution >= 0.6 is 11.3 Å². The van der Waals surface area contributed by atoms with Crippen LogP contribution in [-0.4, -0.2) is 42.1 Å². The number of carbonyl (C=O) groups is 2. The second-order valence-electron chi connectivity index (χ2n) is 5.43. The number of urea groups is 1. The molecule has 1 aromatic heterocycles. The molecule has 1 heterocycles. The molecule has 0 radical (unpaired) electrons. The molecule has 7 nitrogen and oxygen atoms in total. The third-order valence-corrected chi connectivity index (χ3v) is 4.30. The van der Waals surface area contributed by atoms with Gasteiger partial charge in [-0.15, -0.1) is 11.3 Å². The summed E-state index contributed by atoms with van der Waals surface area (Å²) in [7, 11) is 1.58. The standard InChI is InChI=1S/C18H23N3O4S/c1-4-9-21(11-16-20-15(12-26-16)17(22)25-5-2)18(23)19-13-7-6-8-14(10-13)24-3/h6-8,10,12H,4-5,9,11H2,1-3H3,(H,19,23). The van der Waals surface area contributed by atoms with E-state index in [1.807, 2.05) is 19.1 Å². The maximum atomic E-state index is 12.6. The first kappa shape index (κ1) is 19.7. The Morgan fingerprint density at radius 1 is 1.31 bits per heavy atom. The Morgan fingerprint density at radius 2 is 2.12 bits per heavy atom. The molecule has 0 saturated carbocycles. The van der Waals surface area contributed by atoms with E-state index in [-0.39, 0.29) is 11.7 Å². The van der Waals surface area contributed by atoms with Crippen LogP contribution in [-0.2, 0) is 11.3 Å². The number of rotatable bonds is 8. The number of aromatic nitrogens is 1. The highest BCUT2D eigenvalue weighted by molar-refractivity contribution is 7.09. The summed E-state index contributed by atoms with van der Waals surface area (Å²) < 4.78 is 10.1. The van der Waals surface area contributed by atoms with Crippen LogP contribution in [0.15, 0.2) is 29.6 Å². The van der Waals surface area contributed by atoms with Crippen LogP contribution in [0.3, 0.4) is 0 Å². The van der Waals surface area contributed by atoms with E-state index in [1.165, 1.54) is 11.3 Å².